The molecule has 0 saturated carbocycles. The Morgan fingerprint density at radius 1 is 0.686 bits per heavy atom. The topological polar surface area (TPSA) is 112 Å². The zero-order valence-electron chi connectivity index (χ0n) is 17.7. The average molecular weight is 504 g/mol. The number of fused-ring (bicyclic) bond motifs is 2. The zero-order chi connectivity index (χ0) is 26.3. The molecule has 12 heteroatoms. The van der Waals surface area contributed by atoms with Crippen LogP contribution in [0.1, 0.15) is 33.4 Å². The van der Waals surface area contributed by atoms with Crippen molar-refractivity contribution in [3.63, 3.8) is 0 Å². The van der Waals surface area contributed by atoms with Crippen LogP contribution in [0.15, 0.2) is 36.4 Å². The van der Waals surface area contributed by atoms with Crippen molar-refractivity contribution in [2.24, 2.45) is 11.3 Å². The van der Waals surface area contributed by atoms with Crippen LogP contribution in [0.4, 0.5) is 26.3 Å². The highest BCUT2D eigenvalue weighted by Crippen LogP contribution is 2.40. The Morgan fingerprint density at radius 3 is 1.57 bits per heavy atom. The summed E-state index contributed by atoms with van der Waals surface area (Å²) >= 11 is 0. The van der Waals surface area contributed by atoms with Crippen LogP contribution in [-0.2, 0) is 52.4 Å². The summed E-state index contributed by atoms with van der Waals surface area (Å²) < 4.78 is 74.8. The fourth-order valence-corrected chi connectivity index (χ4v) is 4.22. The van der Waals surface area contributed by atoms with Crippen molar-refractivity contribution in [1.82, 2.24) is 0 Å². The van der Waals surface area contributed by atoms with E-state index >= 15 is 0 Å². The van der Waals surface area contributed by atoms with Crippen molar-refractivity contribution in [3.8, 4) is 0 Å². The number of aliphatic carboxylic acids is 3. The molecule has 1 unspecified atom stereocenters. The molecular weight excluding hydrogens is 486 g/mol. The van der Waals surface area contributed by atoms with Crippen LogP contribution < -0.4 is 0 Å². The van der Waals surface area contributed by atoms with E-state index in [1.807, 2.05) is 0 Å². The Kier molecular flexibility index (Phi) is 6.62. The second-order valence-corrected chi connectivity index (χ2v) is 8.45. The lowest BCUT2D eigenvalue weighted by Gasteiger charge is -2.17. The van der Waals surface area contributed by atoms with E-state index in [4.69, 9.17) is 15.3 Å². The highest BCUT2D eigenvalue weighted by molar-refractivity contribution is 5.99. The number of halogens is 6. The van der Waals surface area contributed by atoms with E-state index in [1.54, 1.807) is 0 Å². The zero-order valence-corrected chi connectivity index (χ0v) is 17.7. The van der Waals surface area contributed by atoms with Crippen LogP contribution >= 0.6 is 0 Å². The van der Waals surface area contributed by atoms with E-state index in [1.165, 1.54) is 6.07 Å². The third-order valence-corrected chi connectivity index (χ3v) is 6.15. The van der Waals surface area contributed by atoms with E-state index in [-0.39, 0.29) is 18.4 Å². The lowest BCUT2D eigenvalue weighted by Crippen LogP contribution is -2.40. The van der Waals surface area contributed by atoms with E-state index in [0.717, 1.165) is 30.3 Å². The molecular formula is C23H18F6O6. The minimum atomic E-state index is -4.53. The van der Waals surface area contributed by atoms with Gasteiger partial charge in [0.1, 0.15) is 0 Å². The van der Waals surface area contributed by atoms with Crippen LogP contribution in [-0.4, -0.2) is 33.2 Å². The largest absolute Gasteiger partial charge is 0.481 e. The molecule has 0 heterocycles. The summed E-state index contributed by atoms with van der Waals surface area (Å²) in [5, 5.41) is 26.9. The van der Waals surface area contributed by atoms with Gasteiger partial charge in [0, 0.05) is 0 Å². The van der Waals surface area contributed by atoms with Gasteiger partial charge in [-0.1, -0.05) is 12.1 Å². The molecule has 0 saturated heterocycles. The molecule has 2 aromatic rings. The predicted octanol–water partition coefficient (Wildman–Crippen LogP) is 4.46. The van der Waals surface area contributed by atoms with Crippen LogP contribution in [0.25, 0.3) is 0 Å². The van der Waals surface area contributed by atoms with Crippen LogP contribution in [0.3, 0.4) is 0 Å². The molecule has 0 spiro atoms. The van der Waals surface area contributed by atoms with Gasteiger partial charge in [-0.25, -0.2) is 0 Å². The summed E-state index contributed by atoms with van der Waals surface area (Å²) in [6, 6.07) is 6.23. The van der Waals surface area contributed by atoms with Gasteiger partial charge in [-0.15, -0.1) is 0 Å². The molecule has 0 bridgehead atoms. The molecule has 0 aliphatic heterocycles. The van der Waals surface area contributed by atoms with E-state index < -0.39 is 59.1 Å². The highest BCUT2D eigenvalue weighted by atomic mass is 19.4. The van der Waals surface area contributed by atoms with Gasteiger partial charge in [0.2, 0.25) is 0 Å². The monoisotopic (exact) mass is 504 g/mol. The van der Waals surface area contributed by atoms with Gasteiger partial charge < -0.3 is 15.3 Å². The number of rotatable bonds is 3. The molecule has 0 aromatic heterocycles. The van der Waals surface area contributed by atoms with E-state index in [0.29, 0.717) is 23.1 Å². The van der Waals surface area contributed by atoms with Gasteiger partial charge in [0.05, 0.1) is 17.0 Å². The minimum Gasteiger partial charge on any atom is -0.481 e. The van der Waals surface area contributed by atoms with Gasteiger partial charge in [0.25, 0.3) is 0 Å². The van der Waals surface area contributed by atoms with Crippen molar-refractivity contribution in [3.05, 3.63) is 69.8 Å². The minimum absolute atomic E-state index is 0.125. The number of carbonyl (C=O) groups is 3. The fourth-order valence-electron chi connectivity index (χ4n) is 4.22. The molecule has 4 rings (SSSR count). The molecule has 0 amide bonds. The number of alkyl halides is 6. The molecule has 0 radical (unpaired) electrons. The first kappa shape index (κ1) is 26.0. The first-order chi connectivity index (χ1) is 16.0. The maximum Gasteiger partial charge on any atom is 0.416 e. The van der Waals surface area contributed by atoms with Crippen molar-refractivity contribution in [2.45, 2.75) is 38.0 Å². The molecule has 35 heavy (non-hydrogen) atoms. The third kappa shape index (κ3) is 5.25. The first-order valence-corrected chi connectivity index (χ1v) is 10.1. The second-order valence-electron chi connectivity index (χ2n) is 8.45. The Labute approximate surface area is 193 Å². The summed E-state index contributed by atoms with van der Waals surface area (Å²) in [5.74, 6) is -4.61. The summed E-state index contributed by atoms with van der Waals surface area (Å²) in [4.78, 5) is 33.0. The number of benzene rings is 2. The highest BCUT2D eigenvalue weighted by Gasteiger charge is 2.51. The van der Waals surface area contributed by atoms with Crippen LogP contribution in [0.2, 0.25) is 0 Å². The molecule has 188 valence electrons. The Balaban J connectivity index is 0.000000198. The summed E-state index contributed by atoms with van der Waals surface area (Å²) in [5.41, 5.74) is -2.01. The van der Waals surface area contributed by atoms with Gasteiger partial charge >= 0.3 is 30.3 Å². The normalized spacial score (nSPS) is 18.2. The number of hydrogen-bond donors (Lipinski definition) is 3. The second kappa shape index (κ2) is 8.90. The Bertz CT molecular complexity index is 1170. The van der Waals surface area contributed by atoms with Crippen molar-refractivity contribution in [1.29, 1.82) is 0 Å². The average Bonchev–Trinajstić information content (AvgIpc) is 3.34. The van der Waals surface area contributed by atoms with Gasteiger partial charge in [-0.3, -0.25) is 14.4 Å². The molecule has 6 nitrogen and oxygen atoms in total. The predicted molar refractivity (Wildman–Crippen MR) is 107 cm³/mol. The fraction of sp³-hybridized carbons (Fsp3) is 0.348. The molecule has 2 aliphatic rings. The van der Waals surface area contributed by atoms with Crippen molar-refractivity contribution < 1.29 is 56.0 Å². The lowest BCUT2D eigenvalue weighted by atomic mass is 9.85. The maximum atomic E-state index is 12.5. The Hall–Kier alpha value is -3.57. The lowest BCUT2D eigenvalue weighted by molar-refractivity contribution is -0.164. The van der Waals surface area contributed by atoms with Crippen molar-refractivity contribution >= 4 is 17.9 Å². The van der Waals surface area contributed by atoms with E-state index in [9.17, 15) is 40.7 Å². The van der Waals surface area contributed by atoms with Gasteiger partial charge in [0.15, 0.2) is 5.41 Å². The number of hydrogen-bond acceptors (Lipinski definition) is 3. The summed E-state index contributed by atoms with van der Waals surface area (Å²) in [6.45, 7) is 0. The Morgan fingerprint density at radius 2 is 1.11 bits per heavy atom. The van der Waals surface area contributed by atoms with Crippen molar-refractivity contribution in [2.75, 3.05) is 0 Å². The molecule has 2 aliphatic carbocycles. The van der Waals surface area contributed by atoms with Crippen LogP contribution in [0, 0.1) is 11.3 Å². The molecule has 0 fully saturated rings. The molecule has 2 aromatic carbocycles. The third-order valence-electron chi connectivity index (χ3n) is 6.15. The first-order valence-electron chi connectivity index (χ1n) is 10.1. The summed E-state index contributed by atoms with van der Waals surface area (Å²) in [7, 11) is 0. The molecule has 1 atom stereocenters. The van der Waals surface area contributed by atoms with Gasteiger partial charge in [-0.05, 0) is 72.2 Å². The standard InChI is InChI=1S/C12H9F3O4.C11H9F3O2/c13-12(14,15)8-2-1-6-4-11(9(16)17,10(18)19)5-7(6)3-8;12-11(13,14)9-2-1-6-3-8(10(15)16)4-7(6)5-9/h1-3H,4-5H2,(H,16,17)(H,18,19);1-2,5,8H,3-4H2,(H,15,16). The number of carboxylic acid groups (broad SMARTS) is 3. The van der Waals surface area contributed by atoms with E-state index in [2.05, 4.69) is 0 Å². The smallest absolute Gasteiger partial charge is 0.416 e. The van der Waals surface area contributed by atoms with Crippen LogP contribution in [0.5, 0.6) is 0 Å². The summed E-state index contributed by atoms with van der Waals surface area (Å²) in [6.07, 6.45) is -9.12. The quantitative estimate of drug-likeness (QED) is 0.420. The SMILES string of the molecule is O=C(O)C1(C(=O)O)Cc2ccc(C(F)(F)F)cc2C1.O=C(O)C1Cc2ccc(C(F)(F)F)cc2C1. The maximum absolute atomic E-state index is 12.5. The molecule has 3 N–H and O–H groups in total. The number of carboxylic acids is 3. The van der Waals surface area contributed by atoms with Gasteiger partial charge in [-0.2, -0.15) is 26.3 Å².